The zero-order chi connectivity index (χ0) is 20.6. The number of anilines is 1. The Morgan fingerprint density at radius 1 is 1.03 bits per heavy atom. The SMILES string of the molecule is O=C(CCCc1ccccc1)Nc1ccc(Oc2cc(-n3ccnc3)ncn2)cc1. The molecule has 0 atom stereocenters. The average molecular weight is 399 g/mol. The van der Waals surface area contributed by atoms with E-state index >= 15 is 0 Å². The molecule has 0 spiro atoms. The zero-order valence-corrected chi connectivity index (χ0v) is 16.3. The molecule has 1 N–H and O–H groups in total. The molecule has 4 rings (SSSR count). The van der Waals surface area contributed by atoms with Crippen LogP contribution in [0.25, 0.3) is 5.82 Å². The summed E-state index contributed by atoms with van der Waals surface area (Å²) in [7, 11) is 0. The summed E-state index contributed by atoms with van der Waals surface area (Å²) in [5.74, 6) is 1.70. The molecule has 150 valence electrons. The monoisotopic (exact) mass is 399 g/mol. The molecular formula is C23H21N5O2. The van der Waals surface area contributed by atoms with Crippen LogP contribution in [0.2, 0.25) is 0 Å². The van der Waals surface area contributed by atoms with Crippen molar-refractivity contribution < 1.29 is 9.53 Å². The van der Waals surface area contributed by atoms with Crippen molar-refractivity contribution in [2.75, 3.05) is 5.32 Å². The average Bonchev–Trinajstić information content (AvgIpc) is 3.31. The van der Waals surface area contributed by atoms with Gasteiger partial charge in [-0.3, -0.25) is 9.36 Å². The summed E-state index contributed by atoms with van der Waals surface area (Å²) in [4.78, 5) is 24.5. The van der Waals surface area contributed by atoms with Crippen LogP contribution in [-0.4, -0.2) is 25.4 Å². The molecule has 0 fully saturated rings. The number of hydrogen-bond donors (Lipinski definition) is 1. The van der Waals surface area contributed by atoms with E-state index < -0.39 is 0 Å². The molecule has 7 nitrogen and oxygen atoms in total. The first-order chi connectivity index (χ1) is 14.8. The molecule has 2 aromatic carbocycles. The van der Waals surface area contributed by atoms with Crippen molar-refractivity contribution >= 4 is 11.6 Å². The van der Waals surface area contributed by atoms with Gasteiger partial charge in [0, 0.05) is 30.6 Å². The highest BCUT2D eigenvalue weighted by atomic mass is 16.5. The summed E-state index contributed by atoms with van der Waals surface area (Å²) in [6.45, 7) is 0. The molecule has 0 saturated carbocycles. The minimum absolute atomic E-state index is 0.000346. The predicted molar refractivity (Wildman–Crippen MR) is 114 cm³/mol. The lowest BCUT2D eigenvalue weighted by Gasteiger charge is -2.08. The summed E-state index contributed by atoms with van der Waals surface area (Å²) >= 11 is 0. The van der Waals surface area contributed by atoms with Gasteiger partial charge in [0.15, 0.2) is 0 Å². The van der Waals surface area contributed by atoms with E-state index in [-0.39, 0.29) is 5.91 Å². The molecule has 30 heavy (non-hydrogen) atoms. The van der Waals surface area contributed by atoms with E-state index in [1.165, 1.54) is 11.9 Å². The van der Waals surface area contributed by atoms with Gasteiger partial charge < -0.3 is 10.1 Å². The minimum Gasteiger partial charge on any atom is -0.439 e. The van der Waals surface area contributed by atoms with Crippen molar-refractivity contribution in [2.45, 2.75) is 19.3 Å². The molecule has 2 aromatic heterocycles. The third kappa shape index (κ3) is 5.29. The molecule has 0 aliphatic rings. The van der Waals surface area contributed by atoms with Gasteiger partial charge in [0.1, 0.15) is 24.2 Å². The van der Waals surface area contributed by atoms with Crippen LogP contribution in [0.4, 0.5) is 5.69 Å². The van der Waals surface area contributed by atoms with Gasteiger partial charge in [0.2, 0.25) is 11.8 Å². The van der Waals surface area contributed by atoms with Crippen LogP contribution in [0.3, 0.4) is 0 Å². The highest BCUT2D eigenvalue weighted by Gasteiger charge is 2.06. The van der Waals surface area contributed by atoms with E-state index in [0.717, 1.165) is 18.5 Å². The van der Waals surface area contributed by atoms with E-state index in [0.29, 0.717) is 23.9 Å². The van der Waals surface area contributed by atoms with Crippen molar-refractivity contribution in [1.29, 1.82) is 0 Å². The largest absolute Gasteiger partial charge is 0.439 e. The lowest BCUT2D eigenvalue weighted by molar-refractivity contribution is -0.116. The second-order valence-electron chi connectivity index (χ2n) is 6.70. The van der Waals surface area contributed by atoms with Crippen LogP contribution in [-0.2, 0) is 11.2 Å². The van der Waals surface area contributed by atoms with Gasteiger partial charge in [0.05, 0.1) is 0 Å². The van der Waals surface area contributed by atoms with E-state index in [1.54, 1.807) is 41.5 Å². The fraction of sp³-hybridized carbons (Fsp3) is 0.130. The molecule has 0 unspecified atom stereocenters. The van der Waals surface area contributed by atoms with Gasteiger partial charge in [-0.05, 0) is 42.7 Å². The molecule has 1 amide bonds. The number of nitrogens with one attached hydrogen (secondary N) is 1. The van der Waals surface area contributed by atoms with Gasteiger partial charge in [-0.1, -0.05) is 30.3 Å². The fourth-order valence-corrected chi connectivity index (χ4v) is 2.97. The Labute approximate surface area is 174 Å². The first-order valence-corrected chi connectivity index (χ1v) is 9.68. The minimum atomic E-state index is 0.000346. The number of imidazole rings is 1. The number of ether oxygens (including phenoxy) is 1. The van der Waals surface area contributed by atoms with E-state index in [2.05, 4.69) is 32.4 Å². The fourth-order valence-electron chi connectivity index (χ4n) is 2.97. The van der Waals surface area contributed by atoms with Crippen molar-refractivity contribution in [3.63, 3.8) is 0 Å². The Bertz CT molecular complexity index is 1080. The maximum absolute atomic E-state index is 12.2. The standard InChI is InChI=1S/C23H21N5O2/c29-22(8-4-7-18-5-2-1-3-6-18)27-19-9-11-20(12-10-19)30-23-15-21(25-16-26-23)28-14-13-24-17-28/h1-3,5-6,9-17H,4,7-8H2,(H,27,29). The van der Waals surface area contributed by atoms with Crippen LogP contribution in [0, 0.1) is 0 Å². The van der Waals surface area contributed by atoms with Crippen LogP contribution in [0.5, 0.6) is 11.6 Å². The Kier molecular flexibility index (Phi) is 6.10. The number of rotatable bonds is 8. The van der Waals surface area contributed by atoms with Crippen LogP contribution >= 0.6 is 0 Å². The zero-order valence-electron chi connectivity index (χ0n) is 16.3. The Morgan fingerprint density at radius 3 is 2.63 bits per heavy atom. The van der Waals surface area contributed by atoms with E-state index in [1.807, 2.05) is 30.3 Å². The number of aromatic nitrogens is 4. The summed E-state index contributed by atoms with van der Waals surface area (Å²) in [5.41, 5.74) is 1.97. The van der Waals surface area contributed by atoms with Gasteiger partial charge in [-0.2, -0.15) is 0 Å². The summed E-state index contributed by atoms with van der Waals surface area (Å²) in [6.07, 6.45) is 8.75. The van der Waals surface area contributed by atoms with Crippen molar-refractivity contribution in [2.24, 2.45) is 0 Å². The van der Waals surface area contributed by atoms with Gasteiger partial charge in [0.25, 0.3) is 0 Å². The van der Waals surface area contributed by atoms with E-state index in [9.17, 15) is 4.79 Å². The number of hydrogen-bond acceptors (Lipinski definition) is 5. The lowest BCUT2D eigenvalue weighted by atomic mass is 10.1. The predicted octanol–water partition coefficient (Wildman–Crippen LogP) is 4.42. The van der Waals surface area contributed by atoms with Crippen LogP contribution in [0.15, 0.2) is 85.7 Å². The first kappa shape index (κ1) is 19.3. The molecule has 0 aliphatic heterocycles. The number of carbonyl (C=O) groups is 1. The molecule has 0 saturated heterocycles. The molecule has 0 aliphatic carbocycles. The Balaban J connectivity index is 1.29. The summed E-state index contributed by atoms with van der Waals surface area (Å²) in [6, 6.07) is 19.1. The molecule has 7 heteroatoms. The summed E-state index contributed by atoms with van der Waals surface area (Å²) < 4.78 is 7.56. The highest BCUT2D eigenvalue weighted by Crippen LogP contribution is 2.22. The smallest absolute Gasteiger partial charge is 0.224 e. The van der Waals surface area contributed by atoms with E-state index in [4.69, 9.17) is 4.74 Å². The molecule has 0 bridgehead atoms. The van der Waals surface area contributed by atoms with Gasteiger partial charge in [-0.15, -0.1) is 0 Å². The highest BCUT2D eigenvalue weighted by molar-refractivity contribution is 5.90. The quantitative estimate of drug-likeness (QED) is 0.474. The molecular weight excluding hydrogens is 378 g/mol. The topological polar surface area (TPSA) is 81.9 Å². The maximum Gasteiger partial charge on any atom is 0.224 e. The molecule has 2 heterocycles. The normalized spacial score (nSPS) is 10.5. The Hall–Kier alpha value is -4.00. The second kappa shape index (κ2) is 9.47. The van der Waals surface area contributed by atoms with Crippen molar-refractivity contribution in [3.8, 4) is 17.4 Å². The number of aryl methyl sites for hydroxylation is 1. The molecule has 4 aromatic rings. The molecule has 0 radical (unpaired) electrons. The van der Waals surface area contributed by atoms with Crippen molar-refractivity contribution in [3.05, 3.63) is 91.3 Å². The number of carbonyl (C=O) groups excluding carboxylic acids is 1. The third-order valence-electron chi connectivity index (χ3n) is 4.47. The number of benzene rings is 2. The number of nitrogens with zero attached hydrogens (tertiary/aromatic N) is 4. The second-order valence-corrected chi connectivity index (χ2v) is 6.70. The van der Waals surface area contributed by atoms with Crippen LogP contribution < -0.4 is 10.1 Å². The van der Waals surface area contributed by atoms with Gasteiger partial charge in [-0.25, -0.2) is 15.0 Å². The summed E-state index contributed by atoms with van der Waals surface area (Å²) in [5, 5.41) is 2.92. The third-order valence-corrected chi connectivity index (χ3v) is 4.47. The lowest BCUT2D eigenvalue weighted by Crippen LogP contribution is -2.11. The number of amides is 1. The van der Waals surface area contributed by atoms with Gasteiger partial charge >= 0.3 is 0 Å². The maximum atomic E-state index is 12.2. The Morgan fingerprint density at radius 2 is 1.87 bits per heavy atom. The first-order valence-electron chi connectivity index (χ1n) is 9.68. The van der Waals surface area contributed by atoms with Crippen molar-refractivity contribution in [1.82, 2.24) is 19.5 Å². The van der Waals surface area contributed by atoms with Crippen LogP contribution in [0.1, 0.15) is 18.4 Å².